The van der Waals surface area contributed by atoms with Crippen LogP contribution in [0.15, 0.2) is 36.5 Å². The zero-order chi connectivity index (χ0) is 13.9. The van der Waals surface area contributed by atoms with E-state index in [1.807, 2.05) is 37.3 Å². The van der Waals surface area contributed by atoms with Crippen LogP contribution in [0.5, 0.6) is 0 Å². The average molecular weight is 267 g/mol. The fourth-order valence-corrected chi connectivity index (χ4v) is 2.43. The lowest BCUT2D eigenvalue weighted by Crippen LogP contribution is -2.16. The molecule has 2 N–H and O–H groups in total. The fraction of sp³-hybridized carbons (Fsp3) is 0.250. The Hall–Kier alpha value is -2.36. The minimum Gasteiger partial charge on any atom is -0.385 e. The highest BCUT2D eigenvalue weighted by molar-refractivity contribution is 6.04. The van der Waals surface area contributed by atoms with Crippen LogP contribution < -0.4 is 10.6 Å². The average Bonchev–Trinajstić information content (AvgIpc) is 2.49. The summed E-state index contributed by atoms with van der Waals surface area (Å²) in [4.78, 5) is 16.5. The molecule has 4 heteroatoms. The number of nitrogens with one attached hydrogen (secondary N) is 2. The van der Waals surface area contributed by atoms with Gasteiger partial charge in [-0.3, -0.25) is 9.78 Å². The third-order valence-electron chi connectivity index (χ3n) is 3.56. The van der Waals surface area contributed by atoms with Crippen molar-refractivity contribution in [2.45, 2.75) is 19.8 Å². The Morgan fingerprint density at radius 2 is 2.25 bits per heavy atom. The summed E-state index contributed by atoms with van der Waals surface area (Å²) < 4.78 is 0. The van der Waals surface area contributed by atoms with E-state index in [-0.39, 0.29) is 5.91 Å². The van der Waals surface area contributed by atoms with Gasteiger partial charge in [0.05, 0.1) is 11.4 Å². The lowest BCUT2D eigenvalue weighted by atomic mass is 10.0. The first-order chi connectivity index (χ1) is 9.74. The van der Waals surface area contributed by atoms with Gasteiger partial charge in [0.2, 0.25) is 0 Å². The van der Waals surface area contributed by atoms with Crippen LogP contribution in [0.1, 0.15) is 28.0 Å². The molecule has 1 aliphatic rings. The molecule has 0 saturated heterocycles. The summed E-state index contributed by atoms with van der Waals surface area (Å²) in [5.74, 6) is -0.0885. The Labute approximate surface area is 118 Å². The number of hydrogen-bond donors (Lipinski definition) is 2. The van der Waals surface area contributed by atoms with E-state index in [2.05, 4.69) is 15.6 Å². The van der Waals surface area contributed by atoms with Gasteiger partial charge in [0, 0.05) is 24.0 Å². The van der Waals surface area contributed by atoms with Crippen molar-refractivity contribution < 1.29 is 4.79 Å². The van der Waals surface area contributed by atoms with Gasteiger partial charge in [-0.15, -0.1) is 0 Å². The highest BCUT2D eigenvalue weighted by Gasteiger charge is 2.13. The zero-order valence-corrected chi connectivity index (χ0v) is 11.4. The van der Waals surface area contributed by atoms with Crippen LogP contribution in [0, 0.1) is 6.92 Å². The van der Waals surface area contributed by atoms with Gasteiger partial charge in [0.25, 0.3) is 5.91 Å². The Morgan fingerprint density at radius 1 is 1.35 bits per heavy atom. The van der Waals surface area contributed by atoms with Crippen LogP contribution in [-0.2, 0) is 6.42 Å². The number of fused-ring (bicyclic) bond motifs is 1. The number of hydrogen-bond acceptors (Lipinski definition) is 3. The molecule has 4 nitrogen and oxygen atoms in total. The normalized spacial score (nSPS) is 13.2. The Balaban J connectivity index is 1.82. The Bertz CT molecular complexity index is 652. The second-order valence-electron chi connectivity index (χ2n) is 4.99. The summed E-state index contributed by atoms with van der Waals surface area (Å²) in [5, 5.41) is 6.26. The number of benzene rings is 1. The van der Waals surface area contributed by atoms with Crippen molar-refractivity contribution in [3.63, 3.8) is 0 Å². The third kappa shape index (κ3) is 2.50. The van der Waals surface area contributed by atoms with Crippen LogP contribution in [0.4, 0.5) is 11.4 Å². The minimum absolute atomic E-state index is 0.0885. The molecule has 20 heavy (non-hydrogen) atoms. The summed E-state index contributed by atoms with van der Waals surface area (Å²) in [6.45, 7) is 2.89. The first-order valence-electron chi connectivity index (χ1n) is 6.84. The fourth-order valence-electron chi connectivity index (χ4n) is 2.43. The van der Waals surface area contributed by atoms with E-state index in [9.17, 15) is 4.79 Å². The van der Waals surface area contributed by atoms with Crippen molar-refractivity contribution >= 4 is 17.3 Å². The molecule has 2 heterocycles. The number of anilines is 2. The highest BCUT2D eigenvalue weighted by Crippen LogP contribution is 2.23. The molecule has 0 atom stereocenters. The number of aromatic nitrogens is 1. The number of nitrogens with zero attached hydrogens (tertiary/aromatic N) is 1. The summed E-state index contributed by atoms with van der Waals surface area (Å²) in [7, 11) is 0. The molecule has 3 rings (SSSR count). The van der Waals surface area contributed by atoms with Crippen LogP contribution in [0.25, 0.3) is 0 Å². The first kappa shape index (κ1) is 12.7. The Morgan fingerprint density at radius 3 is 3.10 bits per heavy atom. The molecule has 1 aromatic heterocycles. The highest BCUT2D eigenvalue weighted by atomic mass is 16.1. The molecule has 0 aliphatic carbocycles. The summed E-state index contributed by atoms with van der Waals surface area (Å²) >= 11 is 0. The summed E-state index contributed by atoms with van der Waals surface area (Å²) in [6.07, 6.45) is 3.85. The quantitative estimate of drug-likeness (QED) is 0.879. The second kappa shape index (κ2) is 5.33. The van der Waals surface area contributed by atoms with Gasteiger partial charge in [-0.05, 0) is 55.7 Å². The topological polar surface area (TPSA) is 54.0 Å². The second-order valence-corrected chi connectivity index (χ2v) is 4.99. The van der Waals surface area contributed by atoms with Crippen molar-refractivity contribution in [2.75, 3.05) is 17.2 Å². The van der Waals surface area contributed by atoms with Crippen LogP contribution in [0.3, 0.4) is 0 Å². The van der Waals surface area contributed by atoms with Gasteiger partial charge in [0.1, 0.15) is 0 Å². The van der Waals surface area contributed by atoms with E-state index in [1.165, 1.54) is 5.56 Å². The van der Waals surface area contributed by atoms with Crippen molar-refractivity contribution in [3.8, 4) is 0 Å². The molecule has 0 bridgehead atoms. The lowest BCUT2D eigenvalue weighted by molar-refractivity contribution is 0.102. The van der Waals surface area contributed by atoms with Crippen molar-refractivity contribution in [2.24, 2.45) is 0 Å². The molecule has 1 aliphatic heterocycles. The van der Waals surface area contributed by atoms with Gasteiger partial charge in [0.15, 0.2) is 0 Å². The van der Waals surface area contributed by atoms with E-state index in [0.717, 1.165) is 36.5 Å². The molecule has 102 valence electrons. The standard InChI is InChI=1S/C16H17N3O/c1-11-14(5-3-8-17-11)19-16(20)13-6-7-15-12(10-13)4-2-9-18-15/h3,5-8,10,18H,2,4,9H2,1H3,(H,19,20). The molecule has 0 radical (unpaired) electrons. The monoisotopic (exact) mass is 267 g/mol. The predicted molar refractivity (Wildman–Crippen MR) is 80.2 cm³/mol. The molecule has 0 unspecified atom stereocenters. The minimum atomic E-state index is -0.0885. The van der Waals surface area contributed by atoms with E-state index < -0.39 is 0 Å². The lowest BCUT2D eigenvalue weighted by Gasteiger charge is -2.18. The number of pyridine rings is 1. The van der Waals surface area contributed by atoms with Gasteiger partial charge >= 0.3 is 0 Å². The Kier molecular flexibility index (Phi) is 3.37. The van der Waals surface area contributed by atoms with E-state index >= 15 is 0 Å². The number of carbonyl (C=O) groups is 1. The maximum absolute atomic E-state index is 12.3. The molecule has 0 fully saturated rings. The molecule has 0 spiro atoms. The smallest absolute Gasteiger partial charge is 0.255 e. The number of amides is 1. The molecule has 0 saturated carbocycles. The van der Waals surface area contributed by atoms with Crippen LogP contribution in [-0.4, -0.2) is 17.4 Å². The molecular weight excluding hydrogens is 250 g/mol. The number of rotatable bonds is 2. The van der Waals surface area contributed by atoms with Crippen molar-refractivity contribution in [1.29, 1.82) is 0 Å². The zero-order valence-electron chi connectivity index (χ0n) is 11.4. The summed E-state index contributed by atoms with van der Waals surface area (Å²) in [5.41, 5.74) is 4.63. The summed E-state index contributed by atoms with van der Waals surface area (Å²) in [6, 6.07) is 9.50. The van der Waals surface area contributed by atoms with Crippen LogP contribution >= 0.6 is 0 Å². The third-order valence-corrected chi connectivity index (χ3v) is 3.56. The largest absolute Gasteiger partial charge is 0.385 e. The molecule has 2 aromatic rings. The van der Waals surface area contributed by atoms with Gasteiger partial charge in [-0.1, -0.05) is 0 Å². The van der Waals surface area contributed by atoms with Gasteiger partial charge < -0.3 is 10.6 Å². The van der Waals surface area contributed by atoms with Gasteiger partial charge in [-0.2, -0.15) is 0 Å². The maximum atomic E-state index is 12.3. The number of aryl methyl sites for hydroxylation is 2. The number of carbonyl (C=O) groups excluding carboxylic acids is 1. The molecular formula is C16H17N3O. The van der Waals surface area contributed by atoms with E-state index in [0.29, 0.717) is 5.56 Å². The molecule has 1 aromatic carbocycles. The van der Waals surface area contributed by atoms with Crippen molar-refractivity contribution in [1.82, 2.24) is 4.98 Å². The molecule has 1 amide bonds. The SMILES string of the molecule is Cc1ncccc1NC(=O)c1ccc2c(c1)CCCN2. The first-order valence-corrected chi connectivity index (χ1v) is 6.84. The van der Waals surface area contributed by atoms with Crippen molar-refractivity contribution in [3.05, 3.63) is 53.3 Å². The van der Waals surface area contributed by atoms with E-state index in [4.69, 9.17) is 0 Å². The van der Waals surface area contributed by atoms with Gasteiger partial charge in [-0.25, -0.2) is 0 Å². The maximum Gasteiger partial charge on any atom is 0.255 e. The van der Waals surface area contributed by atoms with Crippen LogP contribution in [0.2, 0.25) is 0 Å². The predicted octanol–water partition coefficient (Wildman–Crippen LogP) is 3.00. The van der Waals surface area contributed by atoms with E-state index in [1.54, 1.807) is 6.20 Å².